The van der Waals surface area contributed by atoms with E-state index in [4.69, 9.17) is 4.74 Å². The zero-order valence-electron chi connectivity index (χ0n) is 17.1. The highest BCUT2D eigenvalue weighted by Crippen LogP contribution is 2.21. The molecule has 2 aromatic rings. The standard InChI is InChI=1S/C22H27NO5S/c1-15(2)12-20(17-8-6-5-7-9-17)23-21(24)14-28-22(25)19-13-18(29(4,26)27)11-10-16(19)3/h5-11,13,15,20H,12,14H2,1-4H3,(H,23,24)/t20-/m0/s1. The summed E-state index contributed by atoms with van der Waals surface area (Å²) in [6.45, 7) is 5.37. The van der Waals surface area contributed by atoms with Crippen LogP contribution in [0.3, 0.4) is 0 Å². The number of nitrogens with one attached hydrogen (secondary N) is 1. The molecular formula is C22H27NO5S. The fraction of sp³-hybridized carbons (Fsp3) is 0.364. The summed E-state index contributed by atoms with van der Waals surface area (Å²) in [5, 5.41) is 2.91. The van der Waals surface area contributed by atoms with Crippen molar-refractivity contribution in [2.75, 3.05) is 12.9 Å². The predicted molar refractivity (Wildman–Crippen MR) is 111 cm³/mol. The van der Waals surface area contributed by atoms with E-state index in [9.17, 15) is 18.0 Å². The Morgan fingerprint density at radius 1 is 1.07 bits per heavy atom. The Balaban J connectivity index is 2.05. The quantitative estimate of drug-likeness (QED) is 0.665. The molecule has 0 aromatic heterocycles. The van der Waals surface area contributed by atoms with Crippen molar-refractivity contribution in [3.8, 4) is 0 Å². The molecule has 1 amide bonds. The van der Waals surface area contributed by atoms with E-state index in [1.807, 2.05) is 30.3 Å². The molecule has 0 bridgehead atoms. The molecular weight excluding hydrogens is 390 g/mol. The highest BCUT2D eigenvalue weighted by Gasteiger charge is 2.19. The maximum absolute atomic E-state index is 12.4. The van der Waals surface area contributed by atoms with Crippen LogP contribution in [0.15, 0.2) is 53.4 Å². The van der Waals surface area contributed by atoms with Gasteiger partial charge in [-0.3, -0.25) is 4.79 Å². The van der Waals surface area contributed by atoms with Gasteiger partial charge in [0, 0.05) is 6.26 Å². The third-order valence-electron chi connectivity index (χ3n) is 4.44. The average molecular weight is 418 g/mol. The molecule has 1 N–H and O–H groups in total. The summed E-state index contributed by atoms with van der Waals surface area (Å²) >= 11 is 0. The summed E-state index contributed by atoms with van der Waals surface area (Å²) in [6, 6.07) is 13.7. The number of ether oxygens (including phenoxy) is 1. The Morgan fingerprint density at radius 2 is 1.72 bits per heavy atom. The number of aryl methyl sites for hydroxylation is 1. The van der Waals surface area contributed by atoms with Gasteiger partial charge in [0.1, 0.15) is 0 Å². The molecule has 7 heteroatoms. The van der Waals surface area contributed by atoms with Crippen molar-refractivity contribution >= 4 is 21.7 Å². The van der Waals surface area contributed by atoms with Gasteiger partial charge in [-0.05, 0) is 42.5 Å². The topological polar surface area (TPSA) is 89.5 Å². The first kappa shape index (κ1) is 22.6. The molecule has 0 saturated heterocycles. The highest BCUT2D eigenvalue weighted by molar-refractivity contribution is 7.90. The van der Waals surface area contributed by atoms with E-state index in [0.717, 1.165) is 18.2 Å². The number of hydrogen-bond donors (Lipinski definition) is 1. The zero-order valence-corrected chi connectivity index (χ0v) is 18.0. The van der Waals surface area contributed by atoms with Gasteiger partial charge in [0.2, 0.25) is 0 Å². The number of esters is 1. The van der Waals surface area contributed by atoms with Crippen molar-refractivity contribution in [3.05, 3.63) is 65.2 Å². The minimum Gasteiger partial charge on any atom is -0.452 e. The third kappa shape index (κ3) is 6.71. The van der Waals surface area contributed by atoms with Crippen molar-refractivity contribution in [2.24, 2.45) is 5.92 Å². The summed E-state index contributed by atoms with van der Waals surface area (Å²) in [6.07, 6.45) is 1.82. The van der Waals surface area contributed by atoms with Gasteiger partial charge in [-0.2, -0.15) is 0 Å². The molecule has 0 saturated carbocycles. The van der Waals surface area contributed by atoms with E-state index in [1.165, 1.54) is 12.1 Å². The van der Waals surface area contributed by atoms with E-state index in [2.05, 4.69) is 19.2 Å². The normalized spacial score (nSPS) is 12.4. The van der Waals surface area contributed by atoms with Gasteiger partial charge in [-0.15, -0.1) is 0 Å². The number of sulfone groups is 1. The smallest absolute Gasteiger partial charge is 0.338 e. The molecule has 1 atom stereocenters. The first-order chi connectivity index (χ1) is 13.6. The monoisotopic (exact) mass is 417 g/mol. The van der Waals surface area contributed by atoms with Gasteiger partial charge >= 0.3 is 5.97 Å². The van der Waals surface area contributed by atoms with Gasteiger partial charge in [0.25, 0.3) is 5.91 Å². The van der Waals surface area contributed by atoms with Crippen molar-refractivity contribution in [1.82, 2.24) is 5.32 Å². The Morgan fingerprint density at radius 3 is 2.31 bits per heavy atom. The molecule has 0 fully saturated rings. The summed E-state index contributed by atoms with van der Waals surface area (Å²) in [7, 11) is -3.45. The fourth-order valence-corrected chi connectivity index (χ4v) is 3.58. The number of amides is 1. The predicted octanol–water partition coefficient (Wildman–Crippen LogP) is 3.46. The van der Waals surface area contributed by atoms with Crippen molar-refractivity contribution in [3.63, 3.8) is 0 Å². The van der Waals surface area contributed by atoms with Crippen LogP contribution in [0.5, 0.6) is 0 Å². The lowest BCUT2D eigenvalue weighted by Crippen LogP contribution is -2.33. The van der Waals surface area contributed by atoms with Crippen LogP contribution in [0.25, 0.3) is 0 Å². The number of rotatable bonds is 8. The van der Waals surface area contributed by atoms with Crippen LogP contribution in [0, 0.1) is 12.8 Å². The lowest BCUT2D eigenvalue weighted by Gasteiger charge is -2.21. The van der Waals surface area contributed by atoms with Gasteiger partial charge < -0.3 is 10.1 Å². The third-order valence-corrected chi connectivity index (χ3v) is 5.55. The van der Waals surface area contributed by atoms with E-state index < -0.39 is 28.3 Å². The van der Waals surface area contributed by atoms with Gasteiger partial charge in [0.05, 0.1) is 16.5 Å². The average Bonchev–Trinajstić information content (AvgIpc) is 2.65. The molecule has 0 spiro atoms. The number of carbonyl (C=O) groups excluding carboxylic acids is 2. The lowest BCUT2D eigenvalue weighted by atomic mass is 9.97. The van der Waals surface area contributed by atoms with Crippen LogP contribution in [-0.4, -0.2) is 33.2 Å². The summed E-state index contributed by atoms with van der Waals surface area (Å²) in [4.78, 5) is 24.8. The maximum Gasteiger partial charge on any atom is 0.338 e. The SMILES string of the molecule is Cc1ccc(S(C)(=O)=O)cc1C(=O)OCC(=O)N[C@@H](CC(C)C)c1ccccc1. The van der Waals surface area contributed by atoms with Crippen molar-refractivity contribution < 1.29 is 22.7 Å². The van der Waals surface area contributed by atoms with Crippen molar-refractivity contribution in [2.45, 2.75) is 38.1 Å². The molecule has 29 heavy (non-hydrogen) atoms. The highest BCUT2D eigenvalue weighted by atomic mass is 32.2. The Hall–Kier alpha value is -2.67. The Kier molecular flexibility index (Phi) is 7.56. The van der Waals surface area contributed by atoms with E-state index >= 15 is 0 Å². The molecule has 0 heterocycles. The van der Waals surface area contributed by atoms with Crippen LogP contribution < -0.4 is 5.32 Å². The summed E-state index contributed by atoms with van der Waals surface area (Å²) in [5.41, 5.74) is 1.69. The molecule has 0 radical (unpaired) electrons. The Bertz CT molecular complexity index is 968. The van der Waals surface area contributed by atoms with Gasteiger partial charge in [-0.25, -0.2) is 13.2 Å². The van der Waals surface area contributed by atoms with Crippen LogP contribution in [0.4, 0.5) is 0 Å². The van der Waals surface area contributed by atoms with Crippen LogP contribution in [-0.2, 0) is 19.4 Å². The van der Waals surface area contributed by atoms with Crippen LogP contribution in [0.1, 0.15) is 47.8 Å². The van der Waals surface area contributed by atoms with E-state index in [1.54, 1.807) is 13.0 Å². The molecule has 2 aromatic carbocycles. The van der Waals surface area contributed by atoms with Gasteiger partial charge in [0.15, 0.2) is 16.4 Å². The molecule has 156 valence electrons. The van der Waals surface area contributed by atoms with Crippen molar-refractivity contribution in [1.29, 1.82) is 0 Å². The van der Waals surface area contributed by atoms with E-state index in [-0.39, 0.29) is 16.5 Å². The molecule has 0 aliphatic rings. The molecule has 0 aliphatic heterocycles. The summed E-state index contributed by atoms with van der Waals surface area (Å²) < 4.78 is 28.6. The molecule has 2 rings (SSSR count). The number of carbonyl (C=O) groups is 2. The second-order valence-corrected chi connectivity index (χ2v) is 9.50. The lowest BCUT2D eigenvalue weighted by molar-refractivity contribution is -0.125. The fourth-order valence-electron chi connectivity index (χ4n) is 2.93. The minimum absolute atomic E-state index is 0.0283. The van der Waals surface area contributed by atoms with Crippen LogP contribution >= 0.6 is 0 Å². The number of hydrogen-bond acceptors (Lipinski definition) is 5. The first-order valence-electron chi connectivity index (χ1n) is 9.40. The first-order valence-corrected chi connectivity index (χ1v) is 11.3. The van der Waals surface area contributed by atoms with Gasteiger partial charge in [-0.1, -0.05) is 50.2 Å². The second kappa shape index (κ2) is 9.69. The minimum atomic E-state index is -3.45. The van der Waals surface area contributed by atoms with E-state index in [0.29, 0.717) is 11.5 Å². The molecule has 0 unspecified atom stereocenters. The van der Waals surface area contributed by atoms with Crippen LogP contribution in [0.2, 0.25) is 0 Å². The second-order valence-electron chi connectivity index (χ2n) is 7.49. The zero-order chi connectivity index (χ0) is 21.6. The summed E-state index contributed by atoms with van der Waals surface area (Å²) in [5.74, 6) is -0.780. The largest absolute Gasteiger partial charge is 0.452 e. The maximum atomic E-state index is 12.4. The molecule has 6 nitrogen and oxygen atoms in total. The Labute approximate surface area is 172 Å². The number of benzene rings is 2. The molecule has 0 aliphatic carbocycles.